The third-order valence-corrected chi connectivity index (χ3v) is 5.37. The molecule has 8 heteroatoms. The van der Waals surface area contributed by atoms with Gasteiger partial charge in [-0.1, -0.05) is 6.07 Å². The summed E-state index contributed by atoms with van der Waals surface area (Å²) >= 11 is 5.54. The molecular formula is C21H20N4O3S. The highest BCUT2D eigenvalue weighted by atomic mass is 32.1. The maximum absolute atomic E-state index is 11.2. The van der Waals surface area contributed by atoms with Crippen LogP contribution in [0.4, 0.5) is 0 Å². The topological polar surface area (TPSA) is 90.6 Å². The van der Waals surface area contributed by atoms with Crippen LogP contribution in [0.2, 0.25) is 0 Å². The predicted molar refractivity (Wildman–Crippen MR) is 112 cm³/mol. The summed E-state index contributed by atoms with van der Waals surface area (Å²) in [6, 6.07) is 16.1. The van der Waals surface area contributed by atoms with Crippen molar-refractivity contribution in [3.05, 3.63) is 83.9 Å². The van der Waals surface area contributed by atoms with Gasteiger partial charge in [0, 0.05) is 30.3 Å². The van der Waals surface area contributed by atoms with Crippen molar-refractivity contribution >= 4 is 23.3 Å². The van der Waals surface area contributed by atoms with E-state index in [-0.39, 0.29) is 24.3 Å². The molecule has 0 aliphatic carbocycles. The fourth-order valence-electron chi connectivity index (χ4n) is 3.71. The Kier molecular flexibility index (Phi) is 5.28. The Bertz CT molecular complexity index is 1020. The summed E-state index contributed by atoms with van der Waals surface area (Å²) in [6.07, 6.45) is 3.68. The minimum absolute atomic E-state index is 0.0265. The van der Waals surface area contributed by atoms with E-state index >= 15 is 0 Å². The van der Waals surface area contributed by atoms with Gasteiger partial charge >= 0.3 is 5.97 Å². The molecule has 1 aliphatic rings. The van der Waals surface area contributed by atoms with E-state index in [1.54, 1.807) is 30.5 Å². The number of aromatic carboxylic acids is 1. The van der Waals surface area contributed by atoms with E-state index in [0.717, 1.165) is 17.1 Å². The molecule has 2 atom stereocenters. The third kappa shape index (κ3) is 3.59. The van der Waals surface area contributed by atoms with Gasteiger partial charge in [0.15, 0.2) is 5.11 Å². The van der Waals surface area contributed by atoms with Crippen LogP contribution in [-0.4, -0.2) is 48.9 Å². The van der Waals surface area contributed by atoms with E-state index in [1.807, 2.05) is 46.0 Å². The van der Waals surface area contributed by atoms with Crippen LogP contribution in [0.5, 0.6) is 0 Å². The second-order valence-electron chi connectivity index (χ2n) is 6.70. The Labute approximate surface area is 173 Å². The van der Waals surface area contributed by atoms with Crippen LogP contribution in [0.1, 0.15) is 33.8 Å². The smallest absolute Gasteiger partial charge is 0.335 e. The van der Waals surface area contributed by atoms with Gasteiger partial charge in [0.1, 0.15) is 0 Å². The summed E-state index contributed by atoms with van der Waals surface area (Å²) in [5.41, 5.74) is 2.90. The number of aliphatic hydroxyl groups is 1. The number of carbonyl (C=O) groups is 1. The highest BCUT2D eigenvalue weighted by molar-refractivity contribution is 7.80. The Morgan fingerprint density at radius 3 is 2.59 bits per heavy atom. The summed E-state index contributed by atoms with van der Waals surface area (Å²) in [5, 5.41) is 22.6. The minimum atomic E-state index is -0.959. The molecule has 3 N–H and O–H groups in total. The fraction of sp³-hybridized carbons (Fsp3) is 0.190. The molecule has 1 aromatic carbocycles. The normalized spacial score (nSPS) is 18.7. The number of carboxylic acids is 1. The Morgan fingerprint density at radius 1 is 1.14 bits per heavy atom. The molecule has 3 aromatic rings. The molecule has 1 fully saturated rings. The molecule has 4 rings (SSSR count). The number of benzene rings is 1. The van der Waals surface area contributed by atoms with Gasteiger partial charge in [-0.25, -0.2) is 4.79 Å². The van der Waals surface area contributed by atoms with Crippen molar-refractivity contribution in [3.63, 3.8) is 0 Å². The number of pyridine rings is 1. The van der Waals surface area contributed by atoms with Gasteiger partial charge in [-0.2, -0.15) is 0 Å². The molecule has 1 saturated heterocycles. The minimum Gasteiger partial charge on any atom is -0.478 e. The second kappa shape index (κ2) is 8.02. The molecule has 29 heavy (non-hydrogen) atoms. The largest absolute Gasteiger partial charge is 0.478 e. The van der Waals surface area contributed by atoms with E-state index in [4.69, 9.17) is 17.3 Å². The first kappa shape index (κ1) is 19.1. The molecule has 0 unspecified atom stereocenters. The summed E-state index contributed by atoms with van der Waals surface area (Å²) in [7, 11) is 0. The van der Waals surface area contributed by atoms with Crippen LogP contribution in [0, 0.1) is 0 Å². The van der Waals surface area contributed by atoms with Crippen molar-refractivity contribution in [2.75, 3.05) is 13.2 Å². The van der Waals surface area contributed by atoms with Gasteiger partial charge in [0.25, 0.3) is 0 Å². The molecule has 3 heterocycles. The van der Waals surface area contributed by atoms with Crippen LogP contribution >= 0.6 is 12.2 Å². The van der Waals surface area contributed by atoms with Gasteiger partial charge in [-0.15, -0.1) is 0 Å². The van der Waals surface area contributed by atoms with Crippen molar-refractivity contribution in [1.29, 1.82) is 0 Å². The fourth-order valence-corrected chi connectivity index (χ4v) is 4.04. The molecule has 0 radical (unpaired) electrons. The standard InChI is InChI=1S/C21H20N4O3S/c26-13-12-25-19(18(23-21(25)29)16-4-1-2-10-22-16)17-5-3-11-24(17)15-8-6-14(7-9-15)20(27)28/h1-11,18-19,26H,12-13H2,(H,23,29)(H,27,28)/t18-,19-/m0/s1. The van der Waals surface area contributed by atoms with Crippen LogP contribution in [0.25, 0.3) is 5.69 Å². The van der Waals surface area contributed by atoms with Crippen molar-refractivity contribution in [2.45, 2.75) is 12.1 Å². The lowest BCUT2D eigenvalue weighted by molar-refractivity contribution is 0.0697. The van der Waals surface area contributed by atoms with Crippen molar-refractivity contribution < 1.29 is 15.0 Å². The summed E-state index contributed by atoms with van der Waals surface area (Å²) in [4.78, 5) is 17.6. The van der Waals surface area contributed by atoms with Gasteiger partial charge < -0.3 is 25.0 Å². The maximum Gasteiger partial charge on any atom is 0.335 e. The third-order valence-electron chi connectivity index (χ3n) is 5.01. The zero-order chi connectivity index (χ0) is 20.4. The van der Waals surface area contributed by atoms with Crippen LogP contribution in [-0.2, 0) is 0 Å². The zero-order valence-electron chi connectivity index (χ0n) is 15.5. The maximum atomic E-state index is 11.2. The lowest BCUT2D eigenvalue weighted by Crippen LogP contribution is -2.32. The van der Waals surface area contributed by atoms with E-state index in [0.29, 0.717) is 11.7 Å². The highest BCUT2D eigenvalue weighted by Crippen LogP contribution is 2.39. The van der Waals surface area contributed by atoms with Gasteiger partial charge in [-0.3, -0.25) is 4.98 Å². The number of thiocarbonyl (C=S) groups is 1. The van der Waals surface area contributed by atoms with Gasteiger partial charge in [0.05, 0.1) is 29.9 Å². The van der Waals surface area contributed by atoms with Crippen molar-refractivity contribution in [1.82, 2.24) is 19.8 Å². The monoisotopic (exact) mass is 408 g/mol. The number of hydrogen-bond acceptors (Lipinski definition) is 4. The first-order valence-electron chi connectivity index (χ1n) is 9.20. The summed E-state index contributed by atoms with van der Waals surface area (Å²) in [5.74, 6) is -0.959. The lowest BCUT2D eigenvalue weighted by atomic mass is 10.0. The van der Waals surface area contributed by atoms with Crippen molar-refractivity contribution in [2.24, 2.45) is 0 Å². The van der Waals surface area contributed by atoms with Crippen molar-refractivity contribution in [3.8, 4) is 5.69 Å². The molecule has 0 saturated carbocycles. The number of rotatable bonds is 6. The molecule has 1 aliphatic heterocycles. The average molecular weight is 408 g/mol. The molecule has 0 spiro atoms. The van der Waals surface area contributed by atoms with Gasteiger partial charge in [-0.05, 0) is 60.7 Å². The summed E-state index contributed by atoms with van der Waals surface area (Å²) < 4.78 is 2.01. The molecule has 0 amide bonds. The molecular weight excluding hydrogens is 388 g/mol. The van der Waals surface area contributed by atoms with Gasteiger partial charge in [0.2, 0.25) is 0 Å². The Balaban J connectivity index is 1.77. The number of aromatic nitrogens is 2. The summed E-state index contributed by atoms with van der Waals surface area (Å²) in [6.45, 7) is 0.365. The van der Waals surface area contributed by atoms with E-state index in [1.165, 1.54) is 0 Å². The number of carboxylic acid groups (broad SMARTS) is 1. The van der Waals surface area contributed by atoms with Crippen LogP contribution in [0.15, 0.2) is 67.0 Å². The Morgan fingerprint density at radius 2 is 1.93 bits per heavy atom. The zero-order valence-corrected chi connectivity index (χ0v) is 16.3. The number of nitrogens with one attached hydrogen (secondary N) is 1. The number of aliphatic hydroxyl groups excluding tert-OH is 1. The number of β-amino-alcohol motifs (C(OH)–C–C–N with tert-alkyl or cyclic N) is 1. The number of hydrogen-bond donors (Lipinski definition) is 3. The highest BCUT2D eigenvalue weighted by Gasteiger charge is 2.40. The first-order chi connectivity index (χ1) is 14.1. The first-order valence-corrected chi connectivity index (χ1v) is 9.61. The van der Waals surface area contributed by atoms with E-state index in [9.17, 15) is 9.90 Å². The SMILES string of the molecule is O=C(O)c1ccc(-n2cccc2[C@H]2[C@H](c3ccccn3)NC(=S)N2CCO)cc1. The average Bonchev–Trinajstić information content (AvgIpc) is 3.34. The van der Waals surface area contributed by atoms with E-state index in [2.05, 4.69) is 10.3 Å². The van der Waals surface area contributed by atoms with Crippen LogP contribution < -0.4 is 5.32 Å². The van der Waals surface area contributed by atoms with E-state index < -0.39 is 5.97 Å². The Hall–Kier alpha value is -3.23. The second-order valence-corrected chi connectivity index (χ2v) is 7.09. The lowest BCUT2D eigenvalue weighted by Gasteiger charge is -2.28. The van der Waals surface area contributed by atoms with Crippen LogP contribution in [0.3, 0.4) is 0 Å². The number of nitrogens with zero attached hydrogens (tertiary/aromatic N) is 3. The quantitative estimate of drug-likeness (QED) is 0.540. The molecule has 148 valence electrons. The molecule has 7 nitrogen and oxygen atoms in total. The predicted octanol–water partition coefficient (Wildman–Crippen LogP) is 2.54. The molecule has 2 aromatic heterocycles. The molecule has 0 bridgehead atoms.